The largest absolute Gasteiger partial charge is 0.493 e. The first-order chi connectivity index (χ1) is 21.8. The number of para-hydroxylation sites is 1. The summed E-state index contributed by atoms with van der Waals surface area (Å²) in [6.07, 6.45) is 8.49. The molecule has 5 rings (SSSR count). The highest BCUT2D eigenvalue weighted by atomic mass is 32.2. The minimum Gasteiger partial charge on any atom is -0.493 e. The third kappa shape index (κ3) is 7.86. The fraction of sp³-hybridized carbons (Fsp3) is 0.429. The molecule has 0 atom stereocenters. The number of amides is 1. The SMILES string of the molecule is C/C=N\c1c(C2CCCCCC2)cccc1S(=O)(=O)Nc1ccc(C(=O)N2CCN(Cc3ccc(OC)c(OC)c3)CC2)cc1. The van der Waals surface area contributed by atoms with Gasteiger partial charge in [0.2, 0.25) is 0 Å². The molecule has 1 amide bonds. The van der Waals surface area contributed by atoms with Gasteiger partial charge >= 0.3 is 0 Å². The van der Waals surface area contributed by atoms with Gasteiger partial charge in [-0.1, -0.05) is 43.9 Å². The second kappa shape index (κ2) is 14.9. The average molecular weight is 633 g/mol. The van der Waals surface area contributed by atoms with E-state index in [1.54, 1.807) is 50.8 Å². The van der Waals surface area contributed by atoms with E-state index in [1.807, 2.05) is 42.2 Å². The van der Waals surface area contributed by atoms with Gasteiger partial charge in [0.1, 0.15) is 4.90 Å². The summed E-state index contributed by atoms with van der Waals surface area (Å²) in [5.41, 5.74) is 3.57. The van der Waals surface area contributed by atoms with Crippen molar-refractivity contribution in [1.82, 2.24) is 9.80 Å². The van der Waals surface area contributed by atoms with Crippen molar-refractivity contribution in [3.8, 4) is 11.5 Å². The molecule has 45 heavy (non-hydrogen) atoms. The number of anilines is 1. The van der Waals surface area contributed by atoms with Crippen molar-refractivity contribution in [2.24, 2.45) is 4.99 Å². The molecule has 1 N–H and O–H groups in total. The highest BCUT2D eigenvalue weighted by Crippen LogP contribution is 2.40. The Morgan fingerprint density at radius 1 is 0.911 bits per heavy atom. The first kappa shape index (κ1) is 32.5. The summed E-state index contributed by atoms with van der Waals surface area (Å²) in [5, 5.41) is 0. The van der Waals surface area contributed by atoms with Crippen molar-refractivity contribution >= 4 is 33.5 Å². The Balaban J connectivity index is 1.22. The number of carbonyl (C=O) groups is 1. The van der Waals surface area contributed by atoms with Crippen LogP contribution in [0.15, 0.2) is 70.6 Å². The average Bonchev–Trinajstić information content (AvgIpc) is 3.35. The number of sulfonamides is 1. The zero-order valence-corrected chi connectivity index (χ0v) is 27.3. The molecule has 1 heterocycles. The zero-order valence-electron chi connectivity index (χ0n) is 26.5. The first-order valence-corrected chi connectivity index (χ1v) is 17.3. The van der Waals surface area contributed by atoms with Crippen LogP contribution < -0.4 is 14.2 Å². The molecular formula is C35H44N4O5S. The summed E-state index contributed by atoms with van der Waals surface area (Å²) in [5.74, 6) is 1.64. The molecule has 1 saturated carbocycles. The molecule has 240 valence electrons. The third-order valence-electron chi connectivity index (χ3n) is 8.77. The van der Waals surface area contributed by atoms with Gasteiger partial charge in [-0.25, -0.2) is 8.42 Å². The molecule has 3 aromatic rings. The Bertz CT molecular complexity index is 1590. The van der Waals surface area contributed by atoms with Crippen molar-refractivity contribution in [2.75, 3.05) is 45.1 Å². The van der Waals surface area contributed by atoms with Crippen LogP contribution in [-0.4, -0.2) is 70.7 Å². The van der Waals surface area contributed by atoms with Crippen LogP contribution in [0.4, 0.5) is 11.4 Å². The second-order valence-electron chi connectivity index (χ2n) is 11.7. The van der Waals surface area contributed by atoms with Crippen LogP contribution in [0.1, 0.15) is 72.9 Å². The molecule has 0 bridgehead atoms. The number of ether oxygens (including phenoxy) is 2. The van der Waals surface area contributed by atoms with Gasteiger partial charge in [-0.2, -0.15) is 0 Å². The van der Waals surface area contributed by atoms with Crippen LogP contribution in [0.3, 0.4) is 0 Å². The van der Waals surface area contributed by atoms with Gasteiger partial charge in [0.05, 0.1) is 19.9 Å². The number of hydrogen-bond acceptors (Lipinski definition) is 7. The first-order valence-electron chi connectivity index (χ1n) is 15.8. The van der Waals surface area contributed by atoms with E-state index in [1.165, 1.54) is 12.8 Å². The van der Waals surface area contributed by atoms with E-state index >= 15 is 0 Å². The maximum atomic E-state index is 13.6. The van der Waals surface area contributed by atoms with E-state index in [0.29, 0.717) is 47.4 Å². The molecule has 0 radical (unpaired) electrons. The standard InChI is InChI=1S/C35H44N4O5S/c1-4-36-34-30(27-10-7-5-6-8-11-27)12-9-13-33(34)45(41,42)37-29-17-15-28(16-18-29)35(40)39-22-20-38(21-23-39)25-26-14-19-31(43-2)32(24-26)44-3/h4,9,12-19,24,27,37H,5-8,10-11,20-23,25H2,1-3H3/b36-4-. The Morgan fingerprint density at radius 3 is 2.24 bits per heavy atom. The summed E-state index contributed by atoms with van der Waals surface area (Å²) in [6, 6.07) is 18.0. The van der Waals surface area contributed by atoms with Gasteiger partial charge in [-0.15, -0.1) is 0 Å². The van der Waals surface area contributed by atoms with Crippen LogP contribution in [0.5, 0.6) is 11.5 Å². The zero-order chi connectivity index (χ0) is 31.8. The van der Waals surface area contributed by atoms with Crippen molar-refractivity contribution < 1.29 is 22.7 Å². The number of methoxy groups -OCH3 is 2. The van der Waals surface area contributed by atoms with E-state index < -0.39 is 10.0 Å². The quantitative estimate of drug-likeness (QED) is 0.199. The normalized spacial score (nSPS) is 16.8. The molecule has 2 aliphatic rings. The Morgan fingerprint density at radius 2 is 1.60 bits per heavy atom. The minimum atomic E-state index is -3.91. The van der Waals surface area contributed by atoms with Gasteiger partial charge < -0.3 is 14.4 Å². The van der Waals surface area contributed by atoms with Crippen LogP contribution in [0.2, 0.25) is 0 Å². The Hall–Kier alpha value is -3.89. The topological polar surface area (TPSA) is 101 Å². The molecule has 3 aromatic carbocycles. The number of hydrogen-bond donors (Lipinski definition) is 1. The molecule has 2 fully saturated rings. The molecule has 9 nitrogen and oxygen atoms in total. The lowest BCUT2D eigenvalue weighted by molar-refractivity contribution is 0.0628. The number of nitrogens with one attached hydrogen (secondary N) is 1. The number of carbonyl (C=O) groups excluding carboxylic acids is 1. The smallest absolute Gasteiger partial charge is 0.264 e. The van der Waals surface area contributed by atoms with Gasteiger partial charge in [0.25, 0.3) is 15.9 Å². The summed E-state index contributed by atoms with van der Waals surface area (Å²) >= 11 is 0. The lowest BCUT2D eigenvalue weighted by Crippen LogP contribution is -2.48. The van der Waals surface area contributed by atoms with Gasteiger partial charge in [-0.05, 0) is 79.3 Å². The molecule has 10 heteroatoms. The molecule has 1 aliphatic heterocycles. The van der Waals surface area contributed by atoms with Crippen LogP contribution in [-0.2, 0) is 16.6 Å². The second-order valence-corrected chi connectivity index (χ2v) is 13.4. The Kier molecular flexibility index (Phi) is 10.8. The number of rotatable bonds is 10. The highest BCUT2D eigenvalue weighted by Gasteiger charge is 2.26. The van der Waals surface area contributed by atoms with Crippen LogP contribution >= 0.6 is 0 Å². The molecule has 0 unspecified atom stereocenters. The van der Waals surface area contributed by atoms with Gasteiger partial charge in [0.15, 0.2) is 11.5 Å². The lowest BCUT2D eigenvalue weighted by atomic mass is 9.90. The summed E-state index contributed by atoms with van der Waals surface area (Å²) in [6.45, 7) is 5.28. The number of nitrogens with zero attached hydrogens (tertiary/aromatic N) is 3. The Labute approximate surface area is 267 Å². The van der Waals surface area contributed by atoms with Crippen molar-refractivity contribution in [3.05, 3.63) is 77.4 Å². The summed E-state index contributed by atoms with van der Waals surface area (Å²) in [4.78, 5) is 22.2. The highest BCUT2D eigenvalue weighted by molar-refractivity contribution is 7.92. The van der Waals surface area contributed by atoms with Crippen molar-refractivity contribution in [3.63, 3.8) is 0 Å². The predicted octanol–water partition coefficient (Wildman–Crippen LogP) is 6.62. The number of benzene rings is 3. The summed E-state index contributed by atoms with van der Waals surface area (Å²) < 4.78 is 40.7. The van der Waals surface area contributed by atoms with Crippen LogP contribution in [0, 0.1) is 0 Å². The minimum absolute atomic E-state index is 0.0640. The van der Waals surface area contributed by atoms with E-state index in [0.717, 1.165) is 56.4 Å². The summed E-state index contributed by atoms with van der Waals surface area (Å²) in [7, 11) is -0.660. The van der Waals surface area contributed by atoms with Gasteiger partial charge in [0, 0.05) is 50.2 Å². The van der Waals surface area contributed by atoms with Crippen molar-refractivity contribution in [1.29, 1.82) is 0 Å². The molecule has 0 aromatic heterocycles. The van der Waals surface area contributed by atoms with Gasteiger partial charge in [-0.3, -0.25) is 19.4 Å². The van der Waals surface area contributed by atoms with Crippen molar-refractivity contribution in [2.45, 2.75) is 62.8 Å². The molecule has 1 aliphatic carbocycles. The lowest BCUT2D eigenvalue weighted by Gasteiger charge is -2.35. The van der Waals surface area contributed by atoms with E-state index in [-0.39, 0.29) is 10.8 Å². The maximum Gasteiger partial charge on any atom is 0.264 e. The predicted molar refractivity (Wildman–Crippen MR) is 179 cm³/mol. The fourth-order valence-corrected chi connectivity index (χ4v) is 7.60. The van der Waals surface area contributed by atoms with E-state index in [4.69, 9.17) is 9.47 Å². The van der Waals surface area contributed by atoms with E-state index in [2.05, 4.69) is 14.6 Å². The van der Waals surface area contributed by atoms with Crippen LogP contribution in [0.25, 0.3) is 0 Å². The maximum absolute atomic E-state index is 13.6. The molecular weight excluding hydrogens is 588 g/mol. The monoisotopic (exact) mass is 632 g/mol. The number of piperazine rings is 1. The number of aliphatic imine (C=N–C) groups is 1. The third-order valence-corrected chi connectivity index (χ3v) is 10.2. The molecule has 1 saturated heterocycles. The van der Waals surface area contributed by atoms with E-state index in [9.17, 15) is 13.2 Å². The fourth-order valence-electron chi connectivity index (χ4n) is 6.36. The molecule has 0 spiro atoms.